The fourth-order valence-electron chi connectivity index (χ4n) is 1.38. The van der Waals surface area contributed by atoms with Crippen LogP contribution in [0.15, 0.2) is 16.8 Å². The van der Waals surface area contributed by atoms with Crippen LogP contribution in [0.5, 0.6) is 0 Å². The van der Waals surface area contributed by atoms with Gasteiger partial charge in [0.2, 0.25) is 0 Å². The van der Waals surface area contributed by atoms with Crippen molar-refractivity contribution in [3.63, 3.8) is 0 Å². The lowest BCUT2D eigenvalue weighted by atomic mass is 10.1. The normalized spacial score (nSPS) is 11.6. The maximum atomic E-state index is 10.4. The van der Waals surface area contributed by atoms with E-state index in [0.717, 1.165) is 12.0 Å². The van der Waals surface area contributed by atoms with Crippen molar-refractivity contribution in [2.45, 2.75) is 39.0 Å². The van der Waals surface area contributed by atoms with E-state index in [2.05, 4.69) is 18.4 Å². The van der Waals surface area contributed by atoms with Gasteiger partial charge in [-0.3, -0.25) is 0 Å². The first-order chi connectivity index (χ1) is 6.36. The highest BCUT2D eigenvalue weighted by atomic mass is 32.2. The second-order valence-electron chi connectivity index (χ2n) is 3.31. The lowest BCUT2D eigenvalue weighted by Gasteiger charge is -1.94. The average Bonchev–Trinajstić information content (AvgIpc) is 2.60. The molecule has 0 bridgehead atoms. The Balaban J connectivity index is 2.24. The Morgan fingerprint density at radius 3 is 2.85 bits per heavy atom. The molecule has 0 aliphatic heterocycles. The van der Waals surface area contributed by atoms with Gasteiger partial charge >= 0.3 is 5.62 Å². The largest absolute Gasteiger partial charge is 0.343 e. The summed E-state index contributed by atoms with van der Waals surface area (Å²) >= 11 is 0. The third-order valence-corrected chi connectivity index (χ3v) is 3.40. The number of carbonyl (C=O) groups excluding carboxylic acids is 1. The molecule has 0 radical (unpaired) electrons. The Labute approximate surface area is 82.8 Å². The molecule has 0 saturated heterocycles. The Morgan fingerprint density at radius 2 is 2.23 bits per heavy atom. The smallest absolute Gasteiger partial charge is 0.235 e. The van der Waals surface area contributed by atoms with Gasteiger partial charge < -0.3 is 0 Å². The maximum Gasteiger partial charge on any atom is 0.343 e. The molecule has 0 spiro atoms. The van der Waals surface area contributed by atoms with Gasteiger partial charge in [-0.15, -0.1) is 0 Å². The summed E-state index contributed by atoms with van der Waals surface area (Å²) in [5.41, 5.74) is 2.38. The van der Waals surface area contributed by atoms with Crippen molar-refractivity contribution in [1.29, 1.82) is 0 Å². The molecule has 0 amide bonds. The monoisotopic (exact) mass is 197 g/mol. The molecule has 0 aliphatic rings. The van der Waals surface area contributed by atoms with Crippen molar-refractivity contribution in [2.75, 3.05) is 0 Å². The first kappa shape index (κ1) is 10.5. The molecule has 0 saturated carbocycles. The molecular formula is C11H17OS+. The molecular weight excluding hydrogens is 180 g/mol. The minimum absolute atomic E-state index is 0.195. The van der Waals surface area contributed by atoms with Crippen molar-refractivity contribution in [1.82, 2.24) is 0 Å². The van der Waals surface area contributed by atoms with Crippen LogP contribution in [0.3, 0.4) is 0 Å². The van der Waals surface area contributed by atoms with E-state index in [9.17, 15) is 4.79 Å². The number of hydrogen-bond acceptors (Lipinski definition) is 1. The number of thiophene rings is 1. The molecule has 1 atom stereocenters. The number of rotatable bonds is 6. The zero-order chi connectivity index (χ0) is 9.52. The predicted octanol–water partition coefficient (Wildman–Crippen LogP) is 3.60. The average molecular weight is 197 g/mol. The molecule has 2 heteroatoms. The molecule has 1 aromatic heterocycles. The van der Waals surface area contributed by atoms with Crippen molar-refractivity contribution < 1.29 is 4.79 Å². The van der Waals surface area contributed by atoms with E-state index in [-0.39, 0.29) is 10.5 Å². The predicted molar refractivity (Wildman–Crippen MR) is 58.9 cm³/mol. The van der Waals surface area contributed by atoms with Crippen LogP contribution in [0.1, 0.15) is 38.2 Å². The summed E-state index contributed by atoms with van der Waals surface area (Å²) in [4.78, 5) is 10.4. The van der Waals surface area contributed by atoms with Crippen molar-refractivity contribution >= 4 is 16.1 Å². The summed E-state index contributed by atoms with van der Waals surface area (Å²) < 4.78 is 0. The lowest BCUT2D eigenvalue weighted by molar-refractivity contribution is 0.569. The fraction of sp³-hybridized carbons (Fsp3) is 0.545. The molecule has 0 fully saturated rings. The van der Waals surface area contributed by atoms with Gasteiger partial charge in [-0.25, -0.2) is 4.79 Å². The summed E-state index contributed by atoms with van der Waals surface area (Å²) in [6.07, 6.45) is 6.34. The summed E-state index contributed by atoms with van der Waals surface area (Å²) in [6, 6.07) is 2.10. The third-order valence-electron chi connectivity index (χ3n) is 2.16. The van der Waals surface area contributed by atoms with Crippen LogP contribution in [0.25, 0.3) is 0 Å². The summed E-state index contributed by atoms with van der Waals surface area (Å²) in [5, 5.41) is 4.10. The van der Waals surface area contributed by atoms with Gasteiger partial charge in [-0.2, -0.15) is 0 Å². The SMILES string of the molecule is CCCCCCc1cc[s+](C=O)c1. The highest BCUT2D eigenvalue weighted by molar-refractivity contribution is 7.46. The zero-order valence-electron chi connectivity index (χ0n) is 8.16. The van der Waals surface area contributed by atoms with Crippen molar-refractivity contribution in [3.05, 3.63) is 22.4 Å². The molecule has 1 heterocycles. The van der Waals surface area contributed by atoms with Crippen LogP contribution in [0.4, 0.5) is 0 Å². The number of unbranched alkanes of at least 4 members (excludes halogenated alkanes) is 3. The van der Waals surface area contributed by atoms with Crippen molar-refractivity contribution in [2.24, 2.45) is 0 Å². The molecule has 1 rings (SSSR count). The first-order valence-corrected chi connectivity index (χ1v) is 6.33. The van der Waals surface area contributed by atoms with E-state index in [1.54, 1.807) is 0 Å². The van der Waals surface area contributed by atoms with Gasteiger partial charge in [-0.05, 0) is 18.9 Å². The van der Waals surface area contributed by atoms with Gasteiger partial charge in [0.25, 0.3) is 0 Å². The van der Waals surface area contributed by atoms with E-state index < -0.39 is 0 Å². The third kappa shape index (κ3) is 3.73. The summed E-state index contributed by atoms with van der Waals surface area (Å²) in [7, 11) is -0.195. The fourth-order valence-corrected chi connectivity index (χ4v) is 2.45. The Morgan fingerprint density at radius 1 is 1.38 bits per heavy atom. The number of aryl methyl sites for hydroxylation is 1. The van der Waals surface area contributed by atoms with E-state index in [1.807, 2.05) is 5.38 Å². The van der Waals surface area contributed by atoms with Crippen LogP contribution in [-0.2, 0) is 11.2 Å². The van der Waals surface area contributed by atoms with Gasteiger partial charge in [-0.1, -0.05) is 26.2 Å². The topological polar surface area (TPSA) is 17.1 Å². The zero-order valence-corrected chi connectivity index (χ0v) is 8.98. The Bertz CT molecular complexity index is 252. The van der Waals surface area contributed by atoms with Crippen LogP contribution in [0, 0.1) is 0 Å². The highest BCUT2D eigenvalue weighted by Gasteiger charge is 2.04. The van der Waals surface area contributed by atoms with E-state index >= 15 is 0 Å². The highest BCUT2D eigenvalue weighted by Crippen LogP contribution is 2.18. The molecule has 0 N–H and O–H groups in total. The van der Waals surface area contributed by atoms with Crippen LogP contribution >= 0.6 is 10.5 Å². The van der Waals surface area contributed by atoms with Gasteiger partial charge in [0.1, 0.15) is 10.8 Å². The van der Waals surface area contributed by atoms with Crippen LogP contribution in [-0.4, -0.2) is 5.62 Å². The molecule has 1 unspecified atom stereocenters. The molecule has 13 heavy (non-hydrogen) atoms. The minimum Gasteiger partial charge on any atom is -0.235 e. The van der Waals surface area contributed by atoms with Gasteiger partial charge in [0, 0.05) is 16.0 Å². The molecule has 0 aliphatic carbocycles. The molecule has 1 nitrogen and oxygen atoms in total. The summed E-state index contributed by atoms with van der Waals surface area (Å²) in [6.45, 7) is 2.22. The first-order valence-electron chi connectivity index (χ1n) is 4.91. The molecule has 0 aromatic carbocycles. The van der Waals surface area contributed by atoms with E-state index in [1.165, 1.54) is 31.2 Å². The second-order valence-corrected chi connectivity index (χ2v) is 4.83. The quantitative estimate of drug-likeness (QED) is 0.387. The lowest BCUT2D eigenvalue weighted by Crippen LogP contribution is -1.81. The van der Waals surface area contributed by atoms with E-state index in [0.29, 0.717) is 0 Å². The Hall–Kier alpha value is -0.630. The van der Waals surface area contributed by atoms with Crippen molar-refractivity contribution in [3.8, 4) is 0 Å². The van der Waals surface area contributed by atoms with Crippen LogP contribution in [0.2, 0.25) is 0 Å². The number of carbonyl (C=O) groups is 1. The molecule has 72 valence electrons. The summed E-state index contributed by atoms with van der Waals surface area (Å²) in [5.74, 6) is 0. The van der Waals surface area contributed by atoms with Gasteiger partial charge in [0.15, 0.2) is 0 Å². The standard InChI is InChI=1S/C11H17OS/c1-2-3-4-5-6-11-7-8-13(9-11)10-12/h7-10H,2-6H2,1H3/q+1. The second kappa shape index (κ2) is 5.92. The van der Waals surface area contributed by atoms with E-state index in [4.69, 9.17) is 0 Å². The maximum absolute atomic E-state index is 10.4. The number of hydrogen-bond donors (Lipinski definition) is 0. The molecule has 1 aromatic rings. The Kier molecular flexibility index (Phi) is 4.76. The van der Waals surface area contributed by atoms with Crippen LogP contribution < -0.4 is 0 Å². The minimum atomic E-state index is -0.195. The van der Waals surface area contributed by atoms with Gasteiger partial charge in [0.05, 0.1) is 0 Å².